The number of aryl methyl sites for hydroxylation is 1. The molecular formula is C15H26N4O2. The fraction of sp³-hybridized carbons (Fsp3) is 0.733. The lowest BCUT2D eigenvalue weighted by Crippen LogP contribution is -2.45. The van der Waals surface area contributed by atoms with Crippen LogP contribution in [0.4, 0.5) is 0 Å². The van der Waals surface area contributed by atoms with Gasteiger partial charge in [0.05, 0.1) is 11.8 Å². The van der Waals surface area contributed by atoms with Crippen LogP contribution >= 0.6 is 0 Å². The van der Waals surface area contributed by atoms with Crippen molar-refractivity contribution in [3.8, 4) is 0 Å². The quantitative estimate of drug-likeness (QED) is 0.567. The molecule has 6 heteroatoms. The monoisotopic (exact) mass is 294 g/mol. The van der Waals surface area contributed by atoms with Crippen molar-refractivity contribution in [3.05, 3.63) is 17.5 Å². The Bertz CT molecular complexity index is 450. The molecule has 0 unspecified atom stereocenters. The predicted molar refractivity (Wildman–Crippen MR) is 82.1 cm³/mol. The molecule has 0 atom stereocenters. The molecule has 1 aromatic heterocycles. The number of rotatable bonds is 5. The second kappa shape index (κ2) is 8.02. The van der Waals surface area contributed by atoms with Crippen molar-refractivity contribution >= 4 is 5.96 Å². The molecule has 3 N–H and O–H groups in total. The van der Waals surface area contributed by atoms with Gasteiger partial charge in [-0.05, 0) is 39.0 Å². The molecular weight excluding hydrogens is 268 g/mol. The third-order valence-corrected chi connectivity index (χ3v) is 3.74. The van der Waals surface area contributed by atoms with Crippen molar-refractivity contribution in [1.29, 1.82) is 0 Å². The molecule has 0 spiro atoms. The SMILES string of the molecule is CCNC(=NCc1cc(CC)no1)NC1CCC(O)CC1. The van der Waals surface area contributed by atoms with E-state index in [-0.39, 0.29) is 6.10 Å². The molecule has 1 saturated carbocycles. The van der Waals surface area contributed by atoms with E-state index in [1.807, 2.05) is 19.9 Å². The Balaban J connectivity index is 1.89. The van der Waals surface area contributed by atoms with Gasteiger partial charge in [0.25, 0.3) is 0 Å². The molecule has 1 aliphatic rings. The first-order valence-electron chi connectivity index (χ1n) is 7.88. The molecule has 1 heterocycles. The van der Waals surface area contributed by atoms with Crippen LogP contribution in [-0.4, -0.2) is 34.9 Å². The van der Waals surface area contributed by atoms with Crippen LogP contribution in [0.25, 0.3) is 0 Å². The van der Waals surface area contributed by atoms with Gasteiger partial charge in [0.15, 0.2) is 11.7 Å². The Labute approximate surface area is 126 Å². The predicted octanol–water partition coefficient (Wildman–Crippen LogP) is 1.60. The number of hydrogen-bond donors (Lipinski definition) is 3. The summed E-state index contributed by atoms with van der Waals surface area (Å²) in [7, 11) is 0. The molecule has 1 aliphatic carbocycles. The van der Waals surface area contributed by atoms with Gasteiger partial charge in [-0.3, -0.25) is 0 Å². The number of aliphatic imine (C=N–C) groups is 1. The van der Waals surface area contributed by atoms with E-state index in [9.17, 15) is 5.11 Å². The molecule has 0 aliphatic heterocycles. The van der Waals surface area contributed by atoms with E-state index >= 15 is 0 Å². The first kappa shape index (κ1) is 15.8. The number of nitrogens with one attached hydrogen (secondary N) is 2. The van der Waals surface area contributed by atoms with E-state index in [0.717, 1.165) is 56.1 Å². The van der Waals surface area contributed by atoms with E-state index in [2.05, 4.69) is 20.8 Å². The van der Waals surface area contributed by atoms with Gasteiger partial charge in [-0.25, -0.2) is 4.99 Å². The Morgan fingerprint density at radius 1 is 1.38 bits per heavy atom. The van der Waals surface area contributed by atoms with Crippen LogP contribution in [0.5, 0.6) is 0 Å². The molecule has 21 heavy (non-hydrogen) atoms. The average Bonchev–Trinajstić information content (AvgIpc) is 2.95. The Morgan fingerprint density at radius 2 is 2.14 bits per heavy atom. The summed E-state index contributed by atoms with van der Waals surface area (Å²) in [6, 6.07) is 2.33. The molecule has 0 bridgehead atoms. The summed E-state index contributed by atoms with van der Waals surface area (Å²) in [5, 5.41) is 20.2. The zero-order chi connectivity index (χ0) is 15.1. The van der Waals surface area contributed by atoms with Gasteiger partial charge in [-0.1, -0.05) is 12.1 Å². The first-order valence-corrected chi connectivity index (χ1v) is 7.88. The molecule has 0 saturated heterocycles. The number of hydrogen-bond acceptors (Lipinski definition) is 4. The molecule has 1 fully saturated rings. The fourth-order valence-electron chi connectivity index (χ4n) is 2.49. The van der Waals surface area contributed by atoms with Gasteiger partial charge >= 0.3 is 0 Å². The summed E-state index contributed by atoms with van der Waals surface area (Å²) in [4.78, 5) is 4.54. The molecule has 0 amide bonds. The van der Waals surface area contributed by atoms with Gasteiger partial charge in [0.1, 0.15) is 6.54 Å². The molecule has 1 aromatic rings. The highest BCUT2D eigenvalue weighted by molar-refractivity contribution is 5.80. The summed E-state index contributed by atoms with van der Waals surface area (Å²) in [5.74, 6) is 1.58. The van der Waals surface area contributed by atoms with E-state index < -0.39 is 0 Å². The number of nitrogens with zero attached hydrogens (tertiary/aromatic N) is 2. The number of aliphatic hydroxyl groups is 1. The van der Waals surface area contributed by atoms with Gasteiger partial charge in [-0.2, -0.15) is 0 Å². The summed E-state index contributed by atoms with van der Waals surface area (Å²) in [5.41, 5.74) is 0.958. The maximum Gasteiger partial charge on any atom is 0.191 e. The minimum atomic E-state index is -0.135. The Hall–Kier alpha value is -1.56. The summed E-state index contributed by atoms with van der Waals surface area (Å²) < 4.78 is 5.24. The van der Waals surface area contributed by atoms with Crippen LogP contribution in [0.3, 0.4) is 0 Å². The Morgan fingerprint density at radius 3 is 2.76 bits per heavy atom. The minimum Gasteiger partial charge on any atom is -0.393 e. The van der Waals surface area contributed by atoms with Crippen LogP contribution in [0, 0.1) is 0 Å². The third kappa shape index (κ3) is 5.04. The summed E-state index contributed by atoms with van der Waals surface area (Å²) in [6.45, 7) is 5.40. The molecule has 0 radical (unpaired) electrons. The van der Waals surface area contributed by atoms with Gasteiger partial charge in [-0.15, -0.1) is 0 Å². The highest BCUT2D eigenvalue weighted by Gasteiger charge is 2.19. The van der Waals surface area contributed by atoms with Crippen molar-refractivity contribution in [2.24, 2.45) is 4.99 Å². The second-order valence-corrected chi connectivity index (χ2v) is 5.48. The smallest absolute Gasteiger partial charge is 0.191 e. The molecule has 6 nitrogen and oxygen atoms in total. The Kier molecular flexibility index (Phi) is 6.04. The van der Waals surface area contributed by atoms with Crippen molar-refractivity contribution in [3.63, 3.8) is 0 Å². The third-order valence-electron chi connectivity index (χ3n) is 3.74. The largest absolute Gasteiger partial charge is 0.393 e. The van der Waals surface area contributed by atoms with E-state index in [4.69, 9.17) is 4.52 Å². The lowest BCUT2D eigenvalue weighted by atomic mass is 9.93. The number of aromatic nitrogens is 1. The highest BCUT2D eigenvalue weighted by atomic mass is 16.5. The van der Waals surface area contributed by atoms with Crippen LogP contribution in [0.1, 0.15) is 51.0 Å². The van der Waals surface area contributed by atoms with Crippen LogP contribution in [0.15, 0.2) is 15.6 Å². The average molecular weight is 294 g/mol. The highest BCUT2D eigenvalue weighted by Crippen LogP contribution is 2.18. The van der Waals surface area contributed by atoms with Crippen molar-refractivity contribution in [1.82, 2.24) is 15.8 Å². The lowest BCUT2D eigenvalue weighted by Gasteiger charge is -2.27. The van der Waals surface area contributed by atoms with Crippen LogP contribution in [-0.2, 0) is 13.0 Å². The number of guanidine groups is 1. The summed E-state index contributed by atoms with van der Waals surface area (Å²) >= 11 is 0. The minimum absolute atomic E-state index is 0.135. The van der Waals surface area contributed by atoms with E-state index in [1.165, 1.54) is 0 Å². The van der Waals surface area contributed by atoms with Gasteiger partial charge in [0.2, 0.25) is 0 Å². The maximum atomic E-state index is 9.55. The van der Waals surface area contributed by atoms with E-state index in [1.54, 1.807) is 0 Å². The first-order chi connectivity index (χ1) is 10.2. The van der Waals surface area contributed by atoms with Gasteiger partial charge < -0.3 is 20.3 Å². The fourth-order valence-corrected chi connectivity index (χ4v) is 2.49. The van der Waals surface area contributed by atoms with Gasteiger partial charge in [0, 0.05) is 18.7 Å². The molecule has 2 rings (SSSR count). The molecule has 118 valence electrons. The summed E-state index contributed by atoms with van der Waals surface area (Å²) in [6.07, 6.45) is 4.42. The lowest BCUT2D eigenvalue weighted by molar-refractivity contribution is 0.120. The zero-order valence-electron chi connectivity index (χ0n) is 12.9. The topological polar surface area (TPSA) is 82.7 Å². The number of aliphatic hydroxyl groups excluding tert-OH is 1. The maximum absolute atomic E-state index is 9.55. The van der Waals surface area contributed by atoms with Crippen molar-refractivity contribution in [2.75, 3.05) is 6.54 Å². The van der Waals surface area contributed by atoms with Crippen molar-refractivity contribution in [2.45, 2.75) is 64.6 Å². The zero-order valence-corrected chi connectivity index (χ0v) is 12.9. The second-order valence-electron chi connectivity index (χ2n) is 5.48. The van der Waals surface area contributed by atoms with Crippen molar-refractivity contribution < 1.29 is 9.63 Å². The van der Waals surface area contributed by atoms with Crippen LogP contribution < -0.4 is 10.6 Å². The van der Waals surface area contributed by atoms with Crippen LogP contribution in [0.2, 0.25) is 0 Å². The normalized spacial score (nSPS) is 23.1. The standard InChI is InChI=1S/C15H26N4O2/c1-3-11-9-14(21-19-11)10-17-15(16-4-2)18-12-5-7-13(20)8-6-12/h9,12-13,20H,3-8,10H2,1-2H3,(H2,16,17,18). The molecule has 0 aromatic carbocycles. The van der Waals surface area contributed by atoms with E-state index in [0.29, 0.717) is 12.6 Å².